The Labute approximate surface area is 90.1 Å². The van der Waals surface area contributed by atoms with Gasteiger partial charge in [0.15, 0.2) is 0 Å². The highest BCUT2D eigenvalue weighted by molar-refractivity contribution is 5.21. The van der Waals surface area contributed by atoms with Crippen LogP contribution in [-0.4, -0.2) is 23.3 Å². The molecule has 1 N–H and O–H groups in total. The summed E-state index contributed by atoms with van der Waals surface area (Å²) >= 11 is 0. The van der Waals surface area contributed by atoms with Gasteiger partial charge in [-0.25, -0.2) is 0 Å². The molecule has 3 heteroatoms. The first-order valence-corrected chi connectivity index (χ1v) is 5.46. The lowest BCUT2D eigenvalue weighted by molar-refractivity contribution is 0.174. The summed E-state index contributed by atoms with van der Waals surface area (Å²) in [5, 5.41) is 9.07. The van der Waals surface area contributed by atoms with E-state index >= 15 is 0 Å². The summed E-state index contributed by atoms with van der Waals surface area (Å²) in [6.07, 6.45) is 2.07. The first-order chi connectivity index (χ1) is 7.30. The largest absolute Gasteiger partial charge is 0.390 e. The van der Waals surface area contributed by atoms with Crippen LogP contribution in [-0.2, 0) is 16.8 Å². The molecule has 1 saturated heterocycles. The summed E-state index contributed by atoms with van der Waals surface area (Å²) in [6.45, 7) is 3.75. The molecule has 15 heavy (non-hydrogen) atoms. The molecule has 0 saturated carbocycles. The van der Waals surface area contributed by atoms with Gasteiger partial charge in [0, 0.05) is 17.7 Å². The molecular formula is C12H17NO2. The van der Waals surface area contributed by atoms with E-state index in [9.17, 15) is 0 Å². The lowest BCUT2D eigenvalue weighted by Crippen LogP contribution is -2.27. The predicted molar refractivity (Wildman–Crippen MR) is 57.6 cm³/mol. The number of ether oxygens (including phenoxy) is 1. The van der Waals surface area contributed by atoms with Crippen LogP contribution < -0.4 is 0 Å². The smallest absolute Gasteiger partial charge is 0.0853 e. The monoisotopic (exact) mass is 207 g/mol. The van der Waals surface area contributed by atoms with E-state index in [1.807, 2.05) is 18.2 Å². The molecule has 0 radical (unpaired) electrons. The molecule has 3 nitrogen and oxygen atoms in total. The summed E-state index contributed by atoms with van der Waals surface area (Å²) in [7, 11) is 0. The number of hydrogen-bond acceptors (Lipinski definition) is 3. The van der Waals surface area contributed by atoms with E-state index in [0.29, 0.717) is 0 Å². The minimum Gasteiger partial charge on any atom is -0.390 e. The quantitative estimate of drug-likeness (QED) is 0.819. The molecule has 0 amide bonds. The molecule has 1 aliphatic heterocycles. The summed E-state index contributed by atoms with van der Waals surface area (Å²) in [5.41, 5.74) is 1.88. The molecule has 0 aliphatic carbocycles. The second kappa shape index (κ2) is 4.29. The third kappa shape index (κ3) is 1.90. The molecular weight excluding hydrogens is 190 g/mol. The maximum atomic E-state index is 9.07. The maximum absolute atomic E-state index is 9.07. The zero-order valence-electron chi connectivity index (χ0n) is 9.07. The molecule has 82 valence electrons. The number of aromatic nitrogens is 1. The van der Waals surface area contributed by atoms with Gasteiger partial charge in [0.05, 0.1) is 18.9 Å². The molecule has 1 aromatic heterocycles. The first kappa shape index (κ1) is 10.6. The standard InChI is InChI=1S/C12H17NO2/c1-2-12(6-7-15-9-12)11-5-3-4-10(8-14)13-11/h3-5,14H,2,6-9H2,1H3. The topological polar surface area (TPSA) is 42.4 Å². The Morgan fingerprint density at radius 1 is 1.53 bits per heavy atom. The molecule has 2 rings (SSSR count). The Bertz CT molecular complexity index is 332. The van der Waals surface area contributed by atoms with E-state index in [1.54, 1.807) is 0 Å². The summed E-state index contributed by atoms with van der Waals surface area (Å²) in [6, 6.07) is 5.85. The third-order valence-corrected chi connectivity index (χ3v) is 3.29. The van der Waals surface area contributed by atoms with E-state index < -0.39 is 0 Å². The average molecular weight is 207 g/mol. The van der Waals surface area contributed by atoms with Crippen LogP contribution in [0.15, 0.2) is 18.2 Å². The van der Waals surface area contributed by atoms with Crippen molar-refractivity contribution >= 4 is 0 Å². The van der Waals surface area contributed by atoms with Gasteiger partial charge in [0.1, 0.15) is 0 Å². The van der Waals surface area contributed by atoms with E-state index in [2.05, 4.69) is 11.9 Å². The van der Waals surface area contributed by atoms with Gasteiger partial charge in [0.2, 0.25) is 0 Å². The highest BCUT2D eigenvalue weighted by atomic mass is 16.5. The van der Waals surface area contributed by atoms with Crippen molar-refractivity contribution in [2.24, 2.45) is 0 Å². The zero-order chi connectivity index (χ0) is 10.7. The van der Waals surface area contributed by atoms with E-state index in [1.165, 1.54) is 0 Å². The van der Waals surface area contributed by atoms with Crippen LogP contribution in [0.4, 0.5) is 0 Å². The van der Waals surface area contributed by atoms with Crippen LogP contribution in [0.3, 0.4) is 0 Å². The number of hydrogen-bond donors (Lipinski definition) is 1. The van der Waals surface area contributed by atoms with Gasteiger partial charge in [-0.1, -0.05) is 13.0 Å². The fourth-order valence-corrected chi connectivity index (χ4v) is 2.13. The van der Waals surface area contributed by atoms with Crippen molar-refractivity contribution in [3.63, 3.8) is 0 Å². The van der Waals surface area contributed by atoms with Gasteiger partial charge in [-0.05, 0) is 25.0 Å². The van der Waals surface area contributed by atoms with Crippen molar-refractivity contribution in [3.8, 4) is 0 Å². The molecule has 1 aromatic rings. The average Bonchev–Trinajstić information content (AvgIpc) is 2.79. The molecule has 1 unspecified atom stereocenters. The minimum atomic E-state index is 0.00842. The Kier molecular flexibility index (Phi) is 3.03. The first-order valence-electron chi connectivity index (χ1n) is 5.46. The predicted octanol–water partition coefficient (Wildman–Crippen LogP) is 1.64. The van der Waals surface area contributed by atoms with Gasteiger partial charge in [-0.3, -0.25) is 4.98 Å². The zero-order valence-corrected chi connectivity index (χ0v) is 9.07. The van der Waals surface area contributed by atoms with Crippen LogP contribution >= 0.6 is 0 Å². The van der Waals surface area contributed by atoms with Crippen molar-refractivity contribution in [3.05, 3.63) is 29.6 Å². The van der Waals surface area contributed by atoms with Gasteiger partial charge < -0.3 is 9.84 Å². The fraction of sp³-hybridized carbons (Fsp3) is 0.583. The van der Waals surface area contributed by atoms with E-state index in [4.69, 9.17) is 9.84 Å². The van der Waals surface area contributed by atoms with Gasteiger partial charge in [-0.2, -0.15) is 0 Å². The molecule has 1 fully saturated rings. The summed E-state index contributed by atoms with van der Waals surface area (Å²) < 4.78 is 5.48. The summed E-state index contributed by atoms with van der Waals surface area (Å²) in [5.74, 6) is 0. The van der Waals surface area contributed by atoms with Crippen LogP contribution in [0.25, 0.3) is 0 Å². The normalized spacial score (nSPS) is 25.7. The number of aliphatic hydroxyl groups excluding tert-OH is 1. The summed E-state index contributed by atoms with van der Waals surface area (Å²) in [4.78, 5) is 4.49. The second-order valence-electron chi connectivity index (χ2n) is 4.11. The number of nitrogens with zero attached hydrogens (tertiary/aromatic N) is 1. The lowest BCUT2D eigenvalue weighted by Gasteiger charge is -2.25. The maximum Gasteiger partial charge on any atom is 0.0853 e. The Morgan fingerprint density at radius 2 is 2.40 bits per heavy atom. The SMILES string of the molecule is CCC1(c2cccc(CO)n2)CCOC1. The van der Waals surface area contributed by atoms with Gasteiger partial charge in [0.25, 0.3) is 0 Å². The number of rotatable bonds is 3. The van der Waals surface area contributed by atoms with E-state index in [0.717, 1.165) is 37.4 Å². The highest BCUT2D eigenvalue weighted by Crippen LogP contribution is 2.35. The Morgan fingerprint density at radius 3 is 3.00 bits per heavy atom. The Balaban J connectivity index is 2.33. The molecule has 2 heterocycles. The minimum absolute atomic E-state index is 0.00842. The van der Waals surface area contributed by atoms with Crippen LogP contribution in [0, 0.1) is 0 Å². The van der Waals surface area contributed by atoms with Crippen molar-refractivity contribution < 1.29 is 9.84 Å². The molecule has 1 aliphatic rings. The van der Waals surface area contributed by atoms with Crippen molar-refractivity contribution in [1.82, 2.24) is 4.98 Å². The molecule has 1 atom stereocenters. The van der Waals surface area contributed by atoms with Gasteiger partial charge >= 0.3 is 0 Å². The fourth-order valence-electron chi connectivity index (χ4n) is 2.13. The number of aliphatic hydroxyl groups is 1. The Hall–Kier alpha value is -0.930. The van der Waals surface area contributed by atoms with E-state index in [-0.39, 0.29) is 12.0 Å². The van der Waals surface area contributed by atoms with Crippen LogP contribution in [0.1, 0.15) is 31.2 Å². The van der Waals surface area contributed by atoms with Crippen molar-refractivity contribution in [1.29, 1.82) is 0 Å². The van der Waals surface area contributed by atoms with Crippen LogP contribution in [0.2, 0.25) is 0 Å². The third-order valence-electron chi connectivity index (χ3n) is 3.29. The number of pyridine rings is 1. The van der Waals surface area contributed by atoms with Gasteiger partial charge in [-0.15, -0.1) is 0 Å². The highest BCUT2D eigenvalue weighted by Gasteiger charge is 2.36. The van der Waals surface area contributed by atoms with Crippen molar-refractivity contribution in [2.45, 2.75) is 31.8 Å². The second-order valence-corrected chi connectivity index (χ2v) is 4.11. The van der Waals surface area contributed by atoms with Crippen molar-refractivity contribution in [2.75, 3.05) is 13.2 Å². The van der Waals surface area contributed by atoms with Crippen LogP contribution in [0.5, 0.6) is 0 Å². The molecule has 0 bridgehead atoms. The lowest BCUT2D eigenvalue weighted by atomic mass is 9.81. The molecule has 0 aromatic carbocycles. The molecule has 0 spiro atoms.